The quantitative estimate of drug-likeness (QED) is 0.626. The van der Waals surface area contributed by atoms with Crippen molar-refractivity contribution in [2.24, 2.45) is 0 Å². The monoisotopic (exact) mass is 368 g/mol. The highest BCUT2D eigenvalue weighted by Gasteiger charge is 2.13. The van der Waals surface area contributed by atoms with Gasteiger partial charge in [-0.05, 0) is 36.3 Å². The summed E-state index contributed by atoms with van der Waals surface area (Å²) in [6.07, 6.45) is 3.41. The minimum Gasteiger partial charge on any atom is -0.445 e. The molecule has 0 saturated heterocycles. The average molecular weight is 370 g/mol. The predicted octanol–water partition coefficient (Wildman–Crippen LogP) is 4.91. The summed E-state index contributed by atoms with van der Waals surface area (Å²) < 4.78 is 5.39. The van der Waals surface area contributed by atoms with Crippen molar-refractivity contribution in [2.75, 3.05) is 11.5 Å². The van der Waals surface area contributed by atoms with Crippen LogP contribution in [0.1, 0.15) is 18.1 Å². The van der Waals surface area contributed by atoms with Crippen LogP contribution in [0.5, 0.6) is 0 Å². The highest BCUT2D eigenvalue weighted by atomic mass is 35.5. The van der Waals surface area contributed by atoms with E-state index < -0.39 is 0 Å². The molecule has 0 fully saturated rings. The summed E-state index contributed by atoms with van der Waals surface area (Å²) in [5.41, 5.74) is 14.2. The van der Waals surface area contributed by atoms with Gasteiger partial charge in [0.25, 0.3) is 0 Å². The first kappa shape index (κ1) is 15.9. The third-order valence-corrected chi connectivity index (χ3v) is 4.52. The van der Waals surface area contributed by atoms with Gasteiger partial charge in [-0.2, -0.15) is 9.97 Å². The molecule has 5 nitrogen and oxygen atoms in total. The number of hydrogen-bond acceptors (Lipinski definition) is 5. The van der Waals surface area contributed by atoms with Crippen molar-refractivity contribution in [3.63, 3.8) is 0 Å². The van der Waals surface area contributed by atoms with Gasteiger partial charge in [-0.3, -0.25) is 0 Å². The van der Waals surface area contributed by atoms with Gasteiger partial charge in [0.15, 0.2) is 0 Å². The summed E-state index contributed by atoms with van der Waals surface area (Å²) in [6, 6.07) is 3.48. The molecule has 0 radical (unpaired) electrons. The molecule has 0 amide bonds. The van der Waals surface area contributed by atoms with Gasteiger partial charge in [0.05, 0.1) is 20.5 Å². The van der Waals surface area contributed by atoms with Gasteiger partial charge in [-0.1, -0.05) is 34.8 Å². The zero-order valence-electron chi connectivity index (χ0n) is 11.9. The molecule has 0 unspecified atom stereocenters. The first-order chi connectivity index (χ1) is 10.9. The molecular weight excluding hydrogens is 359 g/mol. The fourth-order valence-electron chi connectivity index (χ4n) is 2.21. The second-order valence-corrected chi connectivity index (χ2v) is 6.11. The van der Waals surface area contributed by atoms with Crippen molar-refractivity contribution in [2.45, 2.75) is 6.92 Å². The van der Waals surface area contributed by atoms with Crippen molar-refractivity contribution in [1.29, 1.82) is 0 Å². The number of benzene rings is 1. The van der Waals surface area contributed by atoms with E-state index in [1.54, 1.807) is 12.1 Å². The van der Waals surface area contributed by atoms with Gasteiger partial charge in [-0.15, -0.1) is 0 Å². The summed E-state index contributed by atoms with van der Waals surface area (Å²) in [5.74, 6) is 0.320. The Kier molecular flexibility index (Phi) is 4.10. The molecule has 0 saturated carbocycles. The first-order valence-corrected chi connectivity index (χ1v) is 7.63. The number of rotatable bonds is 2. The number of allylic oxidation sites excluding steroid dienone is 1. The van der Waals surface area contributed by atoms with Crippen molar-refractivity contribution in [3.8, 4) is 0 Å². The Bertz CT molecular complexity index is 926. The SMILES string of the molecule is C/C(=C/c1coc2nc(N)nc(N)c12)c1cc(Cl)c(Cl)c(Cl)c1. The number of nitrogens with zero attached hydrogens (tertiary/aromatic N) is 2. The van der Waals surface area contributed by atoms with E-state index in [0.717, 1.165) is 16.7 Å². The number of aromatic nitrogens is 2. The van der Waals surface area contributed by atoms with Crippen molar-refractivity contribution in [1.82, 2.24) is 9.97 Å². The molecule has 3 rings (SSSR count). The smallest absolute Gasteiger partial charge is 0.233 e. The Morgan fingerprint density at radius 2 is 1.78 bits per heavy atom. The van der Waals surface area contributed by atoms with Crippen molar-refractivity contribution in [3.05, 3.63) is 44.6 Å². The molecule has 0 aliphatic rings. The van der Waals surface area contributed by atoms with Crippen LogP contribution in [0, 0.1) is 0 Å². The molecule has 0 bridgehead atoms. The van der Waals surface area contributed by atoms with Crippen LogP contribution in [0.4, 0.5) is 11.8 Å². The van der Waals surface area contributed by atoms with E-state index in [1.165, 1.54) is 6.26 Å². The average Bonchev–Trinajstić information content (AvgIpc) is 2.87. The largest absolute Gasteiger partial charge is 0.445 e. The Morgan fingerprint density at radius 3 is 2.43 bits per heavy atom. The zero-order chi connectivity index (χ0) is 16.7. The molecule has 3 aromatic rings. The molecule has 0 spiro atoms. The van der Waals surface area contributed by atoms with Crippen molar-refractivity contribution >= 4 is 69.3 Å². The van der Waals surface area contributed by atoms with Crippen LogP contribution in [0.2, 0.25) is 15.1 Å². The second kappa shape index (κ2) is 5.92. The Balaban J connectivity index is 2.12. The number of fused-ring (bicyclic) bond motifs is 1. The summed E-state index contributed by atoms with van der Waals surface area (Å²) in [5, 5.41) is 1.70. The minimum atomic E-state index is 0.0628. The lowest BCUT2D eigenvalue weighted by Crippen LogP contribution is -1.99. The minimum absolute atomic E-state index is 0.0628. The van der Waals surface area contributed by atoms with Crippen LogP contribution < -0.4 is 11.5 Å². The number of nitrogen functional groups attached to an aromatic ring is 2. The maximum atomic E-state index is 6.07. The number of furan rings is 1. The number of halogens is 3. The highest BCUT2D eigenvalue weighted by Crippen LogP contribution is 2.35. The molecule has 0 aliphatic carbocycles. The Morgan fingerprint density at radius 1 is 1.13 bits per heavy atom. The molecule has 23 heavy (non-hydrogen) atoms. The normalized spacial score (nSPS) is 12.1. The molecule has 0 atom stereocenters. The molecule has 0 aliphatic heterocycles. The fraction of sp³-hybridized carbons (Fsp3) is 0.0667. The van der Waals surface area contributed by atoms with Gasteiger partial charge >= 0.3 is 0 Å². The summed E-state index contributed by atoms with van der Waals surface area (Å²) in [6.45, 7) is 1.91. The predicted molar refractivity (Wildman–Crippen MR) is 95.6 cm³/mol. The van der Waals surface area contributed by atoms with Crippen LogP contribution in [0.15, 0.2) is 22.8 Å². The lowest BCUT2D eigenvalue weighted by molar-refractivity contribution is 0.602. The maximum Gasteiger partial charge on any atom is 0.233 e. The zero-order valence-corrected chi connectivity index (χ0v) is 14.2. The lowest BCUT2D eigenvalue weighted by atomic mass is 10.0. The molecule has 2 heterocycles. The summed E-state index contributed by atoms with van der Waals surface area (Å²) in [4.78, 5) is 7.96. The van der Waals surface area contributed by atoms with E-state index >= 15 is 0 Å². The van der Waals surface area contributed by atoms with Gasteiger partial charge in [0, 0.05) is 5.56 Å². The molecule has 118 valence electrons. The van der Waals surface area contributed by atoms with Crippen LogP contribution >= 0.6 is 34.8 Å². The van der Waals surface area contributed by atoms with Crippen molar-refractivity contribution < 1.29 is 4.42 Å². The van der Waals surface area contributed by atoms with Gasteiger partial charge < -0.3 is 15.9 Å². The highest BCUT2D eigenvalue weighted by molar-refractivity contribution is 6.48. The molecule has 4 N–H and O–H groups in total. The second-order valence-electron chi connectivity index (χ2n) is 4.92. The summed E-state index contributed by atoms with van der Waals surface area (Å²) >= 11 is 18.1. The van der Waals surface area contributed by atoms with Gasteiger partial charge in [0.1, 0.15) is 12.1 Å². The fourth-order valence-corrected chi connectivity index (χ4v) is 2.81. The van der Waals surface area contributed by atoms with Crippen LogP contribution in [0.3, 0.4) is 0 Å². The molecule has 1 aromatic carbocycles. The van der Waals surface area contributed by atoms with Gasteiger partial charge in [-0.25, -0.2) is 0 Å². The summed E-state index contributed by atoms with van der Waals surface area (Å²) in [7, 11) is 0. The Hall–Kier alpha value is -1.95. The lowest BCUT2D eigenvalue weighted by Gasteiger charge is -2.06. The van der Waals surface area contributed by atoms with E-state index in [2.05, 4.69) is 9.97 Å². The van der Waals surface area contributed by atoms with Crippen LogP contribution in [0.25, 0.3) is 22.7 Å². The standard InChI is InChI=1S/C15H11Cl3N4O/c1-6(7-3-9(16)12(18)10(17)4-7)2-8-5-23-14-11(8)13(19)21-15(20)22-14/h2-5H,1H3,(H4,19,20,21,22)/b6-2-. The maximum absolute atomic E-state index is 6.07. The van der Waals surface area contributed by atoms with E-state index in [-0.39, 0.29) is 11.8 Å². The van der Waals surface area contributed by atoms with Crippen LogP contribution in [-0.2, 0) is 0 Å². The molecular formula is C15H11Cl3N4O. The molecule has 8 heteroatoms. The van der Waals surface area contributed by atoms with Crippen LogP contribution in [-0.4, -0.2) is 9.97 Å². The van der Waals surface area contributed by atoms with E-state index in [1.807, 2.05) is 13.0 Å². The Labute approximate surface area is 146 Å². The van der Waals surface area contributed by atoms with Gasteiger partial charge in [0.2, 0.25) is 11.7 Å². The number of nitrogens with two attached hydrogens (primary N) is 2. The first-order valence-electron chi connectivity index (χ1n) is 6.50. The third kappa shape index (κ3) is 2.95. The number of hydrogen-bond donors (Lipinski definition) is 2. The van der Waals surface area contributed by atoms with E-state index in [9.17, 15) is 0 Å². The van der Waals surface area contributed by atoms with E-state index in [0.29, 0.717) is 26.2 Å². The third-order valence-electron chi connectivity index (χ3n) is 3.32. The van der Waals surface area contributed by atoms with E-state index in [4.69, 9.17) is 50.7 Å². The number of anilines is 2. The molecule has 2 aromatic heterocycles. The topological polar surface area (TPSA) is 91.0 Å².